The topological polar surface area (TPSA) is 52.6 Å². The lowest BCUT2D eigenvalue weighted by Crippen LogP contribution is -2.10. The zero-order chi connectivity index (χ0) is 15.9. The molecule has 0 saturated heterocycles. The van der Waals surface area contributed by atoms with E-state index in [1.54, 1.807) is 42.5 Å². The third-order valence-corrected chi connectivity index (χ3v) is 3.05. The normalized spacial score (nSPS) is 10.1. The number of ether oxygens (including phenoxy) is 2. The minimum absolute atomic E-state index is 0.283. The van der Waals surface area contributed by atoms with Crippen LogP contribution in [0.4, 0.5) is 0 Å². The number of hydrogen-bond donors (Lipinski definition) is 0. The van der Waals surface area contributed by atoms with E-state index in [0.29, 0.717) is 22.8 Å². The van der Waals surface area contributed by atoms with Gasteiger partial charge >= 0.3 is 11.9 Å². The predicted octanol–water partition coefficient (Wildman–Crippen LogP) is 4.13. The van der Waals surface area contributed by atoms with E-state index in [1.807, 2.05) is 6.92 Å². The Hall–Kier alpha value is -2.33. The summed E-state index contributed by atoms with van der Waals surface area (Å²) >= 11 is 5.77. The molecule has 4 nitrogen and oxygen atoms in total. The first-order valence-electron chi connectivity index (χ1n) is 6.85. The van der Waals surface area contributed by atoms with Gasteiger partial charge in [-0.15, -0.1) is 0 Å². The van der Waals surface area contributed by atoms with E-state index in [2.05, 4.69) is 0 Å². The summed E-state index contributed by atoms with van der Waals surface area (Å²) in [6.07, 6.45) is 0.747. The fraction of sp³-hybridized carbons (Fsp3) is 0.176. The van der Waals surface area contributed by atoms with Gasteiger partial charge in [0, 0.05) is 5.02 Å². The summed E-state index contributed by atoms with van der Waals surface area (Å²) in [5.41, 5.74) is 0.721. The van der Waals surface area contributed by atoms with E-state index in [4.69, 9.17) is 21.1 Å². The molecule has 0 bridgehead atoms. The molecule has 0 spiro atoms. The SMILES string of the molecule is CCCOC(=O)c1cccc(OC(=O)c2ccc(Cl)cc2)c1. The van der Waals surface area contributed by atoms with E-state index in [-0.39, 0.29) is 5.75 Å². The summed E-state index contributed by atoms with van der Waals surface area (Å²) in [7, 11) is 0. The molecular weight excluding hydrogens is 304 g/mol. The second kappa shape index (κ2) is 7.61. The molecule has 0 aliphatic rings. The summed E-state index contributed by atoms with van der Waals surface area (Å²) in [6, 6.07) is 12.7. The summed E-state index contributed by atoms with van der Waals surface area (Å²) in [5, 5.41) is 0.539. The van der Waals surface area contributed by atoms with Crippen LogP contribution in [0.25, 0.3) is 0 Å². The largest absolute Gasteiger partial charge is 0.462 e. The molecule has 22 heavy (non-hydrogen) atoms. The van der Waals surface area contributed by atoms with Gasteiger partial charge in [-0.05, 0) is 48.9 Å². The Bertz CT molecular complexity index is 665. The highest BCUT2D eigenvalue weighted by molar-refractivity contribution is 6.30. The average Bonchev–Trinajstić information content (AvgIpc) is 2.53. The Morgan fingerprint density at radius 3 is 2.41 bits per heavy atom. The van der Waals surface area contributed by atoms with Crippen LogP contribution in [0.2, 0.25) is 5.02 Å². The molecule has 0 aromatic heterocycles. The standard InChI is InChI=1S/C17H15ClO4/c1-2-10-21-16(19)13-4-3-5-15(11-13)22-17(20)12-6-8-14(18)9-7-12/h3-9,11H,2,10H2,1H3. The van der Waals surface area contributed by atoms with Gasteiger partial charge in [-0.1, -0.05) is 24.6 Å². The van der Waals surface area contributed by atoms with Crippen molar-refractivity contribution in [3.63, 3.8) is 0 Å². The van der Waals surface area contributed by atoms with E-state index in [1.165, 1.54) is 6.07 Å². The van der Waals surface area contributed by atoms with Gasteiger partial charge in [-0.2, -0.15) is 0 Å². The van der Waals surface area contributed by atoms with Gasteiger partial charge in [0.2, 0.25) is 0 Å². The molecule has 0 aliphatic heterocycles. The van der Waals surface area contributed by atoms with Crippen molar-refractivity contribution in [1.29, 1.82) is 0 Å². The fourth-order valence-corrected chi connectivity index (χ4v) is 1.84. The fourth-order valence-electron chi connectivity index (χ4n) is 1.72. The summed E-state index contributed by atoms with van der Waals surface area (Å²) in [5.74, 6) is -0.673. The van der Waals surface area contributed by atoms with Gasteiger partial charge in [0.25, 0.3) is 0 Å². The van der Waals surface area contributed by atoms with Crippen molar-refractivity contribution in [1.82, 2.24) is 0 Å². The quantitative estimate of drug-likeness (QED) is 0.614. The lowest BCUT2D eigenvalue weighted by atomic mass is 10.2. The van der Waals surface area contributed by atoms with E-state index in [0.717, 1.165) is 6.42 Å². The van der Waals surface area contributed by atoms with Crippen LogP contribution >= 0.6 is 11.6 Å². The van der Waals surface area contributed by atoms with Gasteiger partial charge < -0.3 is 9.47 Å². The molecule has 0 amide bonds. The molecular formula is C17H15ClO4. The third kappa shape index (κ3) is 4.33. The number of carbonyl (C=O) groups is 2. The first-order chi connectivity index (χ1) is 10.6. The van der Waals surface area contributed by atoms with E-state index < -0.39 is 11.9 Å². The molecule has 0 aliphatic carbocycles. The van der Waals surface area contributed by atoms with Crippen LogP contribution in [0.5, 0.6) is 5.75 Å². The average molecular weight is 319 g/mol. The molecule has 0 fully saturated rings. The second-order valence-corrected chi connectivity index (χ2v) is 5.00. The Labute approximate surface area is 133 Å². The maximum atomic E-state index is 12.0. The van der Waals surface area contributed by atoms with Crippen molar-refractivity contribution in [3.05, 3.63) is 64.7 Å². The number of benzene rings is 2. The monoisotopic (exact) mass is 318 g/mol. The highest BCUT2D eigenvalue weighted by atomic mass is 35.5. The third-order valence-electron chi connectivity index (χ3n) is 2.80. The molecule has 2 aromatic rings. The van der Waals surface area contributed by atoms with Crippen LogP contribution in [0.1, 0.15) is 34.1 Å². The van der Waals surface area contributed by atoms with Gasteiger partial charge in [0.1, 0.15) is 5.75 Å². The van der Waals surface area contributed by atoms with Crippen LogP contribution in [0, 0.1) is 0 Å². The molecule has 114 valence electrons. The maximum Gasteiger partial charge on any atom is 0.343 e. The lowest BCUT2D eigenvalue weighted by Gasteiger charge is -2.07. The number of rotatable bonds is 5. The lowest BCUT2D eigenvalue weighted by molar-refractivity contribution is 0.0503. The van der Waals surface area contributed by atoms with Crippen molar-refractivity contribution >= 4 is 23.5 Å². The molecule has 0 N–H and O–H groups in total. The number of carbonyl (C=O) groups excluding carboxylic acids is 2. The van der Waals surface area contributed by atoms with Crippen LogP contribution in [-0.2, 0) is 4.74 Å². The van der Waals surface area contributed by atoms with Crippen molar-refractivity contribution < 1.29 is 19.1 Å². The number of hydrogen-bond acceptors (Lipinski definition) is 4. The minimum Gasteiger partial charge on any atom is -0.462 e. The Balaban J connectivity index is 2.08. The van der Waals surface area contributed by atoms with Crippen molar-refractivity contribution in [2.45, 2.75) is 13.3 Å². The van der Waals surface area contributed by atoms with Crippen LogP contribution < -0.4 is 4.74 Å². The summed E-state index contributed by atoms with van der Waals surface area (Å²) in [4.78, 5) is 23.8. The Morgan fingerprint density at radius 1 is 1.00 bits per heavy atom. The number of halogens is 1. The van der Waals surface area contributed by atoms with E-state index in [9.17, 15) is 9.59 Å². The van der Waals surface area contributed by atoms with Crippen LogP contribution in [0.3, 0.4) is 0 Å². The molecule has 0 atom stereocenters. The van der Waals surface area contributed by atoms with Crippen LogP contribution in [0.15, 0.2) is 48.5 Å². The van der Waals surface area contributed by atoms with Crippen molar-refractivity contribution in [2.24, 2.45) is 0 Å². The first-order valence-corrected chi connectivity index (χ1v) is 7.23. The molecule has 0 radical (unpaired) electrons. The molecule has 2 aromatic carbocycles. The van der Waals surface area contributed by atoms with Crippen LogP contribution in [-0.4, -0.2) is 18.5 Å². The van der Waals surface area contributed by atoms with Gasteiger partial charge in [0.05, 0.1) is 17.7 Å². The molecule has 0 heterocycles. The zero-order valence-electron chi connectivity index (χ0n) is 12.0. The van der Waals surface area contributed by atoms with Crippen molar-refractivity contribution in [2.75, 3.05) is 6.61 Å². The van der Waals surface area contributed by atoms with Gasteiger partial charge in [-0.25, -0.2) is 9.59 Å². The second-order valence-electron chi connectivity index (χ2n) is 4.56. The minimum atomic E-state index is -0.518. The smallest absolute Gasteiger partial charge is 0.343 e. The Morgan fingerprint density at radius 2 is 1.73 bits per heavy atom. The zero-order valence-corrected chi connectivity index (χ0v) is 12.8. The molecule has 5 heteroatoms. The Kier molecular flexibility index (Phi) is 5.55. The summed E-state index contributed by atoms with van der Waals surface area (Å²) < 4.78 is 10.3. The first kappa shape index (κ1) is 16.0. The maximum absolute atomic E-state index is 12.0. The van der Waals surface area contributed by atoms with Gasteiger partial charge in [-0.3, -0.25) is 0 Å². The molecule has 0 unspecified atom stereocenters. The molecule has 2 rings (SSSR count). The summed E-state index contributed by atoms with van der Waals surface area (Å²) in [6.45, 7) is 2.27. The predicted molar refractivity (Wildman–Crippen MR) is 83.4 cm³/mol. The molecule has 0 saturated carbocycles. The van der Waals surface area contributed by atoms with Crippen molar-refractivity contribution in [3.8, 4) is 5.75 Å². The highest BCUT2D eigenvalue weighted by Crippen LogP contribution is 2.17. The highest BCUT2D eigenvalue weighted by Gasteiger charge is 2.11. The number of esters is 2. The van der Waals surface area contributed by atoms with Gasteiger partial charge in [0.15, 0.2) is 0 Å². The van der Waals surface area contributed by atoms with E-state index >= 15 is 0 Å².